The smallest absolute Gasteiger partial charge is 0.189 e. The molecule has 2 aromatic heterocycles. The fourth-order valence-corrected chi connectivity index (χ4v) is 2.59. The second-order valence-corrected chi connectivity index (χ2v) is 5.64. The molecular weight excluding hydrogens is 331 g/mol. The number of hydrogen-bond donors (Lipinski definition) is 0. The quantitative estimate of drug-likeness (QED) is 0.536. The third-order valence-corrected chi connectivity index (χ3v) is 3.87. The van der Waals surface area contributed by atoms with E-state index in [9.17, 15) is 9.18 Å². The highest BCUT2D eigenvalue weighted by molar-refractivity contribution is 6.31. The van der Waals surface area contributed by atoms with E-state index in [1.807, 2.05) is 0 Å². The molecule has 2 heterocycles. The van der Waals surface area contributed by atoms with Crippen molar-refractivity contribution in [2.45, 2.75) is 6.92 Å². The molecule has 0 aliphatic carbocycles. The molecule has 0 saturated heterocycles. The molecule has 0 N–H and O–H groups in total. The van der Waals surface area contributed by atoms with E-state index in [-0.39, 0.29) is 11.6 Å². The number of carbonyl (C=O) groups excluding carboxylic acids is 1. The number of allylic oxidation sites excluding steroid dienone is 1. The molecular formula is C17H14ClFN4O. The van der Waals surface area contributed by atoms with Crippen LogP contribution < -0.4 is 0 Å². The monoisotopic (exact) mass is 344 g/mol. The molecule has 0 aliphatic rings. The summed E-state index contributed by atoms with van der Waals surface area (Å²) in [5.74, 6) is -0.506. The number of hydrogen-bond acceptors (Lipinski definition) is 3. The number of benzene rings is 1. The fraction of sp³-hybridized carbons (Fsp3) is 0.118. The van der Waals surface area contributed by atoms with Crippen LogP contribution in [-0.4, -0.2) is 25.3 Å². The van der Waals surface area contributed by atoms with Crippen molar-refractivity contribution in [2.24, 2.45) is 7.05 Å². The maximum Gasteiger partial charge on any atom is 0.189 e. The van der Waals surface area contributed by atoms with E-state index in [2.05, 4.69) is 10.2 Å². The Kier molecular flexibility index (Phi) is 4.31. The van der Waals surface area contributed by atoms with E-state index in [0.29, 0.717) is 27.7 Å². The molecule has 1 aromatic carbocycles. The molecule has 0 radical (unpaired) electrons. The molecule has 0 aliphatic heterocycles. The van der Waals surface area contributed by atoms with Crippen LogP contribution in [-0.2, 0) is 7.05 Å². The Morgan fingerprint density at radius 2 is 2.00 bits per heavy atom. The molecule has 0 unspecified atom stereocenters. The molecule has 5 nitrogen and oxygen atoms in total. The maximum absolute atomic E-state index is 13.0. The van der Waals surface area contributed by atoms with Crippen molar-refractivity contribution in [3.05, 3.63) is 70.5 Å². The van der Waals surface area contributed by atoms with Crippen molar-refractivity contribution in [3.63, 3.8) is 0 Å². The minimum Gasteiger partial charge on any atom is -0.289 e. The van der Waals surface area contributed by atoms with Crippen LogP contribution in [0.2, 0.25) is 5.15 Å². The van der Waals surface area contributed by atoms with Gasteiger partial charge in [0.05, 0.1) is 23.1 Å². The normalized spacial score (nSPS) is 11.3. The van der Waals surface area contributed by atoms with Crippen molar-refractivity contribution >= 4 is 23.5 Å². The second kappa shape index (κ2) is 6.41. The summed E-state index contributed by atoms with van der Waals surface area (Å²) < 4.78 is 16.1. The van der Waals surface area contributed by atoms with Gasteiger partial charge >= 0.3 is 0 Å². The maximum atomic E-state index is 13.0. The molecule has 0 fully saturated rings. The summed E-state index contributed by atoms with van der Waals surface area (Å²) in [6, 6.07) is 5.85. The number of carbonyl (C=O) groups is 1. The topological polar surface area (TPSA) is 52.7 Å². The van der Waals surface area contributed by atoms with E-state index in [4.69, 9.17) is 11.6 Å². The molecule has 3 rings (SSSR count). The first-order chi connectivity index (χ1) is 11.5. The van der Waals surface area contributed by atoms with Gasteiger partial charge in [-0.2, -0.15) is 10.2 Å². The molecule has 0 bridgehead atoms. The van der Waals surface area contributed by atoms with E-state index >= 15 is 0 Å². The summed E-state index contributed by atoms with van der Waals surface area (Å²) in [5.41, 5.74) is 2.44. The standard InChI is InChI=1S/C17H14ClFN4O/c1-11-15(7-8-16(24)12-9-20-22(2)10-12)17(18)23(21-11)14-5-3-13(19)4-6-14/h3-10H,1-2H3. The van der Waals surface area contributed by atoms with Gasteiger partial charge in [0.25, 0.3) is 0 Å². The van der Waals surface area contributed by atoms with Crippen LogP contribution in [0.5, 0.6) is 0 Å². The van der Waals surface area contributed by atoms with Crippen molar-refractivity contribution in [1.29, 1.82) is 0 Å². The Hall–Kier alpha value is -2.73. The van der Waals surface area contributed by atoms with Crippen molar-refractivity contribution in [2.75, 3.05) is 0 Å². The van der Waals surface area contributed by atoms with Gasteiger partial charge < -0.3 is 0 Å². The largest absolute Gasteiger partial charge is 0.289 e. The van der Waals surface area contributed by atoms with Gasteiger partial charge in [-0.1, -0.05) is 11.6 Å². The van der Waals surface area contributed by atoms with Crippen LogP contribution >= 0.6 is 11.6 Å². The lowest BCUT2D eigenvalue weighted by atomic mass is 10.2. The van der Waals surface area contributed by atoms with Crippen LogP contribution in [0.3, 0.4) is 0 Å². The summed E-state index contributed by atoms with van der Waals surface area (Å²) in [5, 5.41) is 8.67. The molecule has 0 amide bonds. The molecule has 0 saturated carbocycles. The number of aryl methyl sites for hydroxylation is 2. The van der Waals surface area contributed by atoms with Gasteiger partial charge in [0.2, 0.25) is 0 Å². The second-order valence-electron chi connectivity index (χ2n) is 5.28. The lowest BCUT2D eigenvalue weighted by Crippen LogP contribution is -1.96. The zero-order valence-electron chi connectivity index (χ0n) is 13.1. The van der Waals surface area contributed by atoms with E-state index < -0.39 is 0 Å². The van der Waals surface area contributed by atoms with Gasteiger partial charge in [0.15, 0.2) is 5.78 Å². The van der Waals surface area contributed by atoms with Crippen LogP contribution in [0.15, 0.2) is 42.7 Å². The highest BCUT2D eigenvalue weighted by atomic mass is 35.5. The summed E-state index contributed by atoms with van der Waals surface area (Å²) in [6.45, 7) is 1.79. The summed E-state index contributed by atoms with van der Waals surface area (Å²) >= 11 is 6.37. The predicted octanol–water partition coefficient (Wildman–Crippen LogP) is 3.60. The number of halogens is 2. The zero-order valence-corrected chi connectivity index (χ0v) is 13.8. The first kappa shape index (κ1) is 16.1. The minimum atomic E-state index is -0.332. The lowest BCUT2D eigenvalue weighted by molar-refractivity contribution is 0.104. The average molecular weight is 345 g/mol. The van der Waals surface area contributed by atoms with Gasteiger partial charge in [-0.15, -0.1) is 0 Å². The Labute approximate surface area is 143 Å². The summed E-state index contributed by atoms with van der Waals surface area (Å²) in [6.07, 6.45) is 6.20. The zero-order chi connectivity index (χ0) is 17.3. The highest BCUT2D eigenvalue weighted by Crippen LogP contribution is 2.25. The van der Waals surface area contributed by atoms with Gasteiger partial charge in [-0.05, 0) is 43.3 Å². The summed E-state index contributed by atoms with van der Waals surface area (Å²) in [4.78, 5) is 12.1. The molecule has 7 heteroatoms. The van der Waals surface area contributed by atoms with Crippen molar-refractivity contribution < 1.29 is 9.18 Å². The van der Waals surface area contributed by atoms with Crippen LogP contribution in [0, 0.1) is 12.7 Å². The van der Waals surface area contributed by atoms with Crippen LogP contribution in [0.25, 0.3) is 11.8 Å². The van der Waals surface area contributed by atoms with Crippen molar-refractivity contribution in [3.8, 4) is 5.69 Å². The SMILES string of the molecule is Cc1nn(-c2ccc(F)cc2)c(Cl)c1C=CC(=O)c1cnn(C)c1. The number of ketones is 1. The van der Waals surface area contributed by atoms with Gasteiger partial charge in [0, 0.05) is 18.8 Å². The molecule has 3 aromatic rings. The van der Waals surface area contributed by atoms with Gasteiger partial charge in [-0.25, -0.2) is 9.07 Å². The fourth-order valence-electron chi connectivity index (χ4n) is 2.26. The van der Waals surface area contributed by atoms with E-state index in [1.54, 1.807) is 43.1 Å². The number of aromatic nitrogens is 4. The Balaban J connectivity index is 1.90. The average Bonchev–Trinajstić information content (AvgIpc) is 3.10. The van der Waals surface area contributed by atoms with E-state index in [0.717, 1.165) is 0 Å². The predicted molar refractivity (Wildman–Crippen MR) is 89.8 cm³/mol. The minimum absolute atomic E-state index is 0.173. The molecule has 0 atom stereocenters. The number of rotatable bonds is 4. The lowest BCUT2D eigenvalue weighted by Gasteiger charge is -2.02. The summed E-state index contributed by atoms with van der Waals surface area (Å²) in [7, 11) is 1.74. The molecule has 122 valence electrons. The van der Waals surface area contributed by atoms with Crippen LogP contribution in [0.1, 0.15) is 21.6 Å². The third-order valence-electron chi connectivity index (χ3n) is 3.51. The van der Waals surface area contributed by atoms with Crippen LogP contribution in [0.4, 0.5) is 4.39 Å². The Morgan fingerprint density at radius 1 is 1.29 bits per heavy atom. The Morgan fingerprint density at radius 3 is 2.62 bits per heavy atom. The first-order valence-electron chi connectivity index (χ1n) is 7.18. The van der Waals surface area contributed by atoms with Gasteiger partial charge in [-0.3, -0.25) is 9.48 Å². The third kappa shape index (κ3) is 3.14. The molecule has 24 heavy (non-hydrogen) atoms. The Bertz CT molecular complexity index is 925. The molecule has 0 spiro atoms. The van der Waals surface area contributed by atoms with E-state index in [1.165, 1.54) is 29.1 Å². The highest BCUT2D eigenvalue weighted by Gasteiger charge is 2.13. The number of nitrogens with zero attached hydrogens (tertiary/aromatic N) is 4. The van der Waals surface area contributed by atoms with Crippen molar-refractivity contribution in [1.82, 2.24) is 19.6 Å². The van der Waals surface area contributed by atoms with Gasteiger partial charge in [0.1, 0.15) is 11.0 Å². The first-order valence-corrected chi connectivity index (χ1v) is 7.55.